The Morgan fingerprint density at radius 1 is 0.947 bits per heavy atom. The van der Waals surface area contributed by atoms with Gasteiger partial charge in [0.15, 0.2) is 5.65 Å². The summed E-state index contributed by atoms with van der Waals surface area (Å²) < 4.78 is 2.96. The van der Waals surface area contributed by atoms with Crippen molar-refractivity contribution in [3.63, 3.8) is 0 Å². The molecule has 0 spiro atoms. The molecule has 1 aliphatic rings. The third kappa shape index (κ3) is 4.25. The zero-order chi connectivity index (χ0) is 26.6. The van der Waals surface area contributed by atoms with Crippen LogP contribution >= 0.6 is 34.8 Å². The minimum absolute atomic E-state index is 0.282. The predicted octanol–water partition coefficient (Wildman–Crippen LogP) is 5.19. The monoisotopic (exact) mass is 568 g/mol. The van der Waals surface area contributed by atoms with Gasteiger partial charge in [0, 0.05) is 50.5 Å². The first-order chi connectivity index (χ1) is 18.3. The summed E-state index contributed by atoms with van der Waals surface area (Å²) in [7, 11) is 2.13. The lowest BCUT2D eigenvalue weighted by Gasteiger charge is -2.35. The standard InChI is InChI=1S/C26H23Cl3N8O/c1-15-12-16(13-20(29)22(15)35-10-8-34(2)9-11-35)32-26-31-14-17-21(33-26)24-30-6-7-36(24)37(25(17)38)23-18(27)4-3-5-19(23)28/h3-7,12-14H,8-11H2,1-2H3,(H,31,32,33). The van der Waals surface area contributed by atoms with Crippen LogP contribution in [-0.4, -0.2) is 62.3 Å². The number of halogens is 3. The molecule has 1 fully saturated rings. The predicted molar refractivity (Wildman–Crippen MR) is 153 cm³/mol. The van der Waals surface area contributed by atoms with Gasteiger partial charge in [-0.25, -0.2) is 24.1 Å². The molecular formula is C26H23Cl3N8O. The van der Waals surface area contributed by atoms with E-state index >= 15 is 0 Å². The van der Waals surface area contributed by atoms with E-state index in [1.54, 1.807) is 35.1 Å². The Bertz CT molecular complexity index is 1710. The molecule has 0 radical (unpaired) electrons. The summed E-state index contributed by atoms with van der Waals surface area (Å²) in [5, 5.41) is 4.84. The van der Waals surface area contributed by atoms with Crippen molar-refractivity contribution in [1.82, 2.24) is 29.0 Å². The zero-order valence-corrected chi connectivity index (χ0v) is 22.9. The molecule has 1 N–H and O–H groups in total. The Balaban J connectivity index is 1.40. The van der Waals surface area contributed by atoms with Gasteiger partial charge in [0.1, 0.15) is 11.2 Å². The van der Waals surface area contributed by atoms with E-state index < -0.39 is 0 Å². The highest BCUT2D eigenvalue weighted by Gasteiger charge is 2.21. The van der Waals surface area contributed by atoms with Gasteiger partial charge in [0.25, 0.3) is 5.56 Å². The molecule has 9 nitrogen and oxygen atoms in total. The van der Waals surface area contributed by atoms with Gasteiger partial charge in [-0.05, 0) is 43.8 Å². The fraction of sp³-hybridized carbons (Fsp3) is 0.231. The second kappa shape index (κ2) is 9.74. The Morgan fingerprint density at radius 2 is 1.68 bits per heavy atom. The van der Waals surface area contributed by atoms with Gasteiger partial charge in [-0.15, -0.1) is 0 Å². The van der Waals surface area contributed by atoms with Crippen LogP contribution in [0.25, 0.3) is 22.2 Å². The smallest absolute Gasteiger partial charge is 0.281 e. The van der Waals surface area contributed by atoms with E-state index in [1.807, 2.05) is 19.1 Å². The van der Waals surface area contributed by atoms with E-state index in [0.29, 0.717) is 37.9 Å². The largest absolute Gasteiger partial charge is 0.368 e. The zero-order valence-electron chi connectivity index (χ0n) is 20.6. The topological polar surface area (TPSA) is 83.6 Å². The minimum Gasteiger partial charge on any atom is -0.368 e. The molecule has 2 aromatic carbocycles. The maximum atomic E-state index is 13.6. The van der Waals surface area contributed by atoms with Crippen molar-refractivity contribution in [2.24, 2.45) is 0 Å². The molecule has 0 unspecified atom stereocenters. The maximum absolute atomic E-state index is 13.6. The number of para-hydroxylation sites is 1. The number of likely N-dealkylation sites (N-methyl/N-ethyl adjacent to an activating group) is 1. The molecule has 0 aliphatic carbocycles. The second-order valence-electron chi connectivity index (χ2n) is 9.28. The first-order valence-electron chi connectivity index (χ1n) is 12.0. The van der Waals surface area contributed by atoms with Crippen molar-refractivity contribution in [3.8, 4) is 5.69 Å². The lowest BCUT2D eigenvalue weighted by molar-refractivity contribution is 0.312. The van der Waals surface area contributed by atoms with Gasteiger partial charge in [0.05, 0.1) is 26.1 Å². The normalized spacial score (nSPS) is 14.5. The van der Waals surface area contributed by atoms with Crippen molar-refractivity contribution < 1.29 is 0 Å². The molecule has 4 heterocycles. The number of hydrogen-bond acceptors (Lipinski definition) is 7. The minimum atomic E-state index is -0.373. The van der Waals surface area contributed by atoms with Crippen molar-refractivity contribution in [2.75, 3.05) is 43.4 Å². The molecule has 5 aromatic rings. The van der Waals surface area contributed by atoms with Gasteiger partial charge in [-0.2, -0.15) is 0 Å². The number of benzene rings is 2. The first-order valence-corrected chi connectivity index (χ1v) is 13.2. The molecular weight excluding hydrogens is 547 g/mol. The van der Waals surface area contributed by atoms with Crippen molar-refractivity contribution in [3.05, 3.63) is 79.9 Å². The van der Waals surface area contributed by atoms with E-state index in [-0.39, 0.29) is 10.9 Å². The third-order valence-corrected chi connectivity index (χ3v) is 7.64. The van der Waals surface area contributed by atoms with Crippen LogP contribution in [-0.2, 0) is 0 Å². The third-order valence-electron chi connectivity index (χ3n) is 6.74. The number of aryl methyl sites for hydroxylation is 1. The molecule has 3 aromatic heterocycles. The lowest BCUT2D eigenvalue weighted by Crippen LogP contribution is -2.44. The van der Waals surface area contributed by atoms with E-state index in [4.69, 9.17) is 34.8 Å². The highest BCUT2D eigenvalue weighted by molar-refractivity contribution is 6.37. The second-order valence-corrected chi connectivity index (χ2v) is 10.5. The number of anilines is 3. The molecule has 1 aliphatic heterocycles. The van der Waals surface area contributed by atoms with E-state index in [9.17, 15) is 4.79 Å². The van der Waals surface area contributed by atoms with Crippen LogP contribution in [0.1, 0.15) is 5.56 Å². The number of piperazine rings is 1. The highest BCUT2D eigenvalue weighted by Crippen LogP contribution is 2.34. The summed E-state index contributed by atoms with van der Waals surface area (Å²) in [5.41, 5.74) is 3.69. The summed E-state index contributed by atoms with van der Waals surface area (Å²) >= 11 is 19.6. The Morgan fingerprint density at radius 3 is 2.39 bits per heavy atom. The van der Waals surface area contributed by atoms with Crippen LogP contribution in [0.4, 0.5) is 17.3 Å². The lowest BCUT2D eigenvalue weighted by atomic mass is 10.1. The van der Waals surface area contributed by atoms with Gasteiger partial charge >= 0.3 is 0 Å². The molecule has 0 amide bonds. The SMILES string of the molecule is Cc1cc(Nc2ncc3c(=O)n(-c4c(Cl)cccc4Cl)n4ccnc4c3n2)cc(Cl)c1N1CCN(C)CC1. The number of imidazole rings is 1. The molecule has 1 saturated heterocycles. The van der Waals surface area contributed by atoms with Crippen molar-refractivity contribution >= 4 is 68.7 Å². The van der Waals surface area contributed by atoms with Crippen LogP contribution < -0.4 is 15.8 Å². The molecule has 12 heteroatoms. The Labute approximate surface area is 233 Å². The first kappa shape index (κ1) is 24.9. The molecule has 0 atom stereocenters. The fourth-order valence-corrected chi connectivity index (χ4v) is 5.82. The van der Waals surface area contributed by atoms with Crippen LogP contribution in [0, 0.1) is 6.92 Å². The average molecular weight is 570 g/mol. The quantitative estimate of drug-likeness (QED) is 0.319. The van der Waals surface area contributed by atoms with E-state index in [1.165, 1.54) is 10.9 Å². The van der Waals surface area contributed by atoms with Gasteiger partial charge in [-0.3, -0.25) is 4.79 Å². The highest BCUT2D eigenvalue weighted by atomic mass is 35.5. The number of fused-ring (bicyclic) bond motifs is 3. The van der Waals surface area contributed by atoms with Crippen LogP contribution in [0.15, 0.2) is 53.7 Å². The van der Waals surface area contributed by atoms with Crippen molar-refractivity contribution in [1.29, 1.82) is 0 Å². The van der Waals surface area contributed by atoms with Crippen LogP contribution in [0.5, 0.6) is 0 Å². The number of aromatic nitrogens is 5. The van der Waals surface area contributed by atoms with Crippen molar-refractivity contribution in [2.45, 2.75) is 6.92 Å². The number of rotatable bonds is 4. The Kier molecular flexibility index (Phi) is 6.39. The number of nitrogens with zero attached hydrogens (tertiary/aromatic N) is 7. The van der Waals surface area contributed by atoms with E-state index in [0.717, 1.165) is 43.1 Å². The molecule has 38 heavy (non-hydrogen) atoms. The summed E-state index contributed by atoms with van der Waals surface area (Å²) in [6.07, 6.45) is 4.73. The fourth-order valence-electron chi connectivity index (χ4n) is 4.88. The number of hydrogen-bond donors (Lipinski definition) is 1. The summed E-state index contributed by atoms with van der Waals surface area (Å²) in [6.45, 7) is 5.88. The average Bonchev–Trinajstić information content (AvgIpc) is 3.36. The summed E-state index contributed by atoms with van der Waals surface area (Å²) in [4.78, 5) is 31.7. The molecule has 0 bridgehead atoms. The van der Waals surface area contributed by atoms with Crippen LogP contribution in [0.3, 0.4) is 0 Å². The Hall–Kier alpha value is -3.37. The van der Waals surface area contributed by atoms with Crippen LogP contribution in [0.2, 0.25) is 15.1 Å². The molecule has 6 rings (SSSR count). The molecule has 0 saturated carbocycles. The maximum Gasteiger partial charge on any atom is 0.281 e. The van der Waals surface area contributed by atoms with Gasteiger partial charge < -0.3 is 15.1 Å². The summed E-state index contributed by atoms with van der Waals surface area (Å²) in [6, 6.07) is 8.97. The summed E-state index contributed by atoms with van der Waals surface area (Å²) in [5.74, 6) is 0.318. The van der Waals surface area contributed by atoms with Gasteiger partial charge in [0.2, 0.25) is 5.95 Å². The van der Waals surface area contributed by atoms with Gasteiger partial charge in [-0.1, -0.05) is 40.9 Å². The molecule has 194 valence electrons. The number of nitrogens with one attached hydrogen (secondary N) is 1. The van der Waals surface area contributed by atoms with E-state index in [2.05, 4.69) is 37.1 Å².